The fourth-order valence-corrected chi connectivity index (χ4v) is 4.30. The fraction of sp³-hybridized carbons (Fsp3) is 0.650. The molecule has 0 bridgehead atoms. The number of hydrogen-bond acceptors (Lipinski definition) is 4. The molecule has 2 fully saturated rings. The molecular formula is C20H28N2O3. The molecule has 2 aliphatic heterocycles. The summed E-state index contributed by atoms with van der Waals surface area (Å²) in [5.74, 6) is 1.43. The molecule has 5 nitrogen and oxygen atoms in total. The zero-order valence-corrected chi connectivity index (χ0v) is 14.9. The molecule has 1 atom stereocenters. The Morgan fingerprint density at radius 2 is 2.12 bits per heavy atom. The first kappa shape index (κ1) is 16.9. The molecule has 4 rings (SSSR count). The average Bonchev–Trinajstić information content (AvgIpc) is 3.05. The lowest BCUT2D eigenvalue weighted by atomic mass is 9.73. The van der Waals surface area contributed by atoms with Crippen LogP contribution in [0.4, 0.5) is 0 Å². The van der Waals surface area contributed by atoms with E-state index in [1.54, 1.807) is 0 Å². The number of piperidine rings is 1. The zero-order chi connectivity index (χ0) is 17.4. The van der Waals surface area contributed by atoms with Crippen molar-refractivity contribution in [2.24, 2.45) is 11.3 Å². The minimum absolute atomic E-state index is 0.0199. The van der Waals surface area contributed by atoms with Crippen molar-refractivity contribution >= 4 is 5.91 Å². The van der Waals surface area contributed by atoms with Crippen LogP contribution in [0.15, 0.2) is 18.2 Å². The highest BCUT2D eigenvalue weighted by Gasteiger charge is 2.40. The van der Waals surface area contributed by atoms with E-state index in [4.69, 9.17) is 4.74 Å². The van der Waals surface area contributed by atoms with Crippen LogP contribution in [-0.4, -0.2) is 36.8 Å². The van der Waals surface area contributed by atoms with E-state index in [1.165, 1.54) is 5.56 Å². The van der Waals surface area contributed by atoms with E-state index in [2.05, 4.69) is 29.7 Å². The number of amides is 1. The normalized spacial score (nSPS) is 28.4. The Labute approximate surface area is 149 Å². The third-order valence-corrected chi connectivity index (χ3v) is 6.24. The van der Waals surface area contributed by atoms with Gasteiger partial charge in [-0.15, -0.1) is 0 Å². The Morgan fingerprint density at radius 3 is 2.84 bits per heavy atom. The van der Waals surface area contributed by atoms with Gasteiger partial charge in [-0.05, 0) is 68.0 Å². The quantitative estimate of drug-likeness (QED) is 0.781. The van der Waals surface area contributed by atoms with Crippen molar-refractivity contribution in [3.8, 4) is 5.75 Å². The number of hydrogen-bond donors (Lipinski definition) is 3. The SMILES string of the molecule is CC1(C(=O)N[C@@H](c2ccc3c(c2)CCO3)C2CC(O)C2)CCNCC1. The van der Waals surface area contributed by atoms with Crippen molar-refractivity contribution < 1.29 is 14.6 Å². The number of rotatable bonds is 4. The van der Waals surface area contributed by atoms with Crippen LogP contribution in [0, 0.1) is 11.3 Å². The molecule has 1 aromatic rings. The molecular weight excluding hydrogens is 316 g/mol. The van der Waals surface area contributed by atoms with Gasteiger partial charge in [0.1, 0.15) is 5.75 Å². The number of carbonyl (C=O) groups is 1. The second kappa shape index (κ2) is 6.61. The van der Waals surface area contributed by atoms with E-state index in [0.29, 0.717) is 5.92 Å². The topological polar surface area (TPSA) is 70.6 Å². The van der Waals surface area contributed by atoms with Gasteiger partial charge in [-0.2, -0.15) is 0 Å². The molecule has 2 heterocycles. The summed E-state index contributed by atoms with van der Waals surface area (Å²) in [5.41, 5.74) is 2.07. The first-order chi connectivity index (χ1) is 12.0. The van der Waals surface area contributed by atoms with Crippen LogP contribution >= 0.6 is 0 Å². The second-order valence-corrected chi connectivity index (χ2v) is 8.11. The van der Waals surface area contributed by atoms with Gasteiger partial charge < -0.3 is 20.5 Å². The van der Waals surface area contributed by atoms with Crippen molar-refractivity contribution in [3.05, 3.63) is 29.3 Å². The van der Waals surface area contributed by atoms with Gasteiger partial charge in [0, 0.05) is 11.8 Å². The maximum atomic E-state index is 13.0. The summed E-state index contributed by atoms with van der Waals surface area (Å²) >= 11 is 0. The summed E-state index contributed by atoms with van der Waals surface area (Å²) < 4.78 is 5.61. The molecule has 136 valence electrons. The maximum Gasteiger partial charge on any atom is 0.226 e. The molecule has 3 aliphatic rings. The van der Waals surface area contributed by atoms with Crippen molar-refractivity contribution in [1.29, 1.82) is 0 Å². The Bertz CT molecular complexity index is 648. The van der Waals surface area contributed by atoms with Gasteiger partial charge in [0.05, 0.1) is 18.8 Å². The smallest absolute Gasteiger partial charge is 0.226 e. The number of carbonyl (C=O) groups excluding carboxylic acids is 1. The molecule has 0 unspecified atom stereocenters. The van der Waals surface area contributed by atoms with Crippen molar-refractivity contribution in [2.45, 2.75) is 51.2 Å². The van der Waals surface area contributed by atoms with Crippen LogP contribution in [0.1, 0.15) is 49.8 Å². The van der Waals surface area contributed by atoms with Crippen LogP contribution in [0.5, 0.6) is 5.75 Å². The molecule has 0 aromatic heterocycles. The minimum Gasteiger partial charge on any atom is -0.493 e. The Hall–Kier alpha value is -1.59. The summed E-state index contributed by atoms with van der Waals surface area (Å²) in [4.78, 5) is 13.0. The third-order valence-electron chi connectivity index (χ3n) is 6.24. The molecule has 0 spiro atoms. The lowest BCUT2D eigenvalue weighted by Gasteiger charge is -2.41. The highest BCUT2D eigenvalue weighted by Crippen LogP contribution is 2.41. The van der Waals surface area contributed by atoms with Gasteiger partial charge in [0.25, 0.3) is 0 Å². The molecule has 0 radical (unpaired) electrons. The largest absolute Gasteiger partial charge is 0.493 e. The average molecular weight is 344 g/mol. The number of fused-ring (bicyclic) bond motifs is 1. The molecule has 1 aliphatic carbocycles. The number of aliphatic hydroxyl groups is 1. The maximum absolute atomic E-state index is 13.0. The van der Waals surface area contributed by atoms with Crippen LogP contribution in [0.3, 0.4) is 0 Å². The molecule has 1 amide bonds. The summed E-state index contributed by atoms with van der Waals surface area (Å²) in [6.07, 6.45) is 3.97. The molecule has 1 saturated carbocycles. The predicted molar refractivity (Wildman–Crippen MR) is 95.5 cm³/mol. The van der Waals surface area contributed by atoms with Crippen molar-refractivity contribution in [1.82, 2.24) is 10.6 Å². The van der Waals surface area contributed by atoms with E-state index in [-0.39, 0.29) is 23.5 Å². The summed E-state index contributed by atoms with van der Waals surface area (Å²) in [6, 6.07) is 6.26. The fourth-order valence-electron chi connectivity index (χ4n) is 4.30. The lowest BCUT2D eigenvalue weighted by molar-refractivity contribution is -0.133. The molecule has 1 aromatic carbocycles. The van der Waals surface area contributed by atoms with Gasteiger partial charge in [-0.3, -0.25) is 4.79 Å². The van der Waals surface area contributed by atoms with Gasteiger partial charge >= 0.3 is 0 Å². The van der Waals surface area contributed by atoms with Gasteiger partial charge in [0.15, 0.2) is 0 Å². The molecule has 5 heteroatoms. The van der Waals surface area contributed by atoms with Crippen molar-refractivity contribution in [3.63, 3.8) is 0 Å². The highest BCUT2D eigenvalue weighted by atomic mass is 16.5. The summed E-state index contributed by atoms with van der Waals surface area (Å²) in [7, 11) is 0. The Kier molecular flexibility index (Phi) is 4.46. The predicted octanol–water partition coefficient (Wildman–Crippen LogP) is 1.94. The van der Waals surface area contributed by atoms with Gasteiger partial charge in [-0.25, -0.2) is 0 Å². The first-order valence-corrected chi connectivity index (χ1v) is 9.50. The Morgan fingerprint density at radius 1 is 1.36 bits per heavy atom. The van der Waals surface area contributed by atoms with E-state index < -0.39 is 0 Å². The van der Waals surface area contributed by atoms with Crippen molar-refractivity contribution in [2.75, 3.05) is 19.7 Å². The first-order valence-electron chi connectivity index (χ1n) is 9.50. The zero-order valence-electron chi connectivity index (χ0n) is 14.9. The van der Waals surface area contributed by atoms with Gasteiger partial charge in [0.2, 0.25) is 5.91 Å². The number of aliphatic hydroxyl groups excluding tert-OH is 1. The monoisotopic (exact) mass is 344 g/mol. The van der Waals surface area contributed by atoms with E-state index in [1.807, 2.05) is 6.07 Å². The second-order valence-electron chi connectivity index (χ2n) is 8.11. The molecule has 1 saturated heterocycles. The van der Waals surface area contributed by atoms with Crippen LogP contribution in [0.2, 0.25) is 0 Å². The van der Waals surface area contributed by atoms with E-state index >= 15 is 0 Å². The molecule has 3 N–H and O–H groups in total. The number of ether oxygens (including phenoxy) is 1. The number of nitrogens with one attached hydrogen (secondary N) is 2. The van der Waals surface area contributed by atoms with Crippen LogP contribution in [-0.2, 0) is 11.2 Å². The van der Waals surface area contributed by atoms with Gasteiger partial charge in [-0.1, -0.05) is 13.0 Å². The minimum atomic E-state index is -0.300. The summed E-state index contributed by atoms with van der Waals surface area (Å²) in [6.45, 7) is 4.61. The highest BCUT2D eigenvalue weighted by molar-refractivity contribution is 5.82. The standard InChI is InChI=1S/C20H28N2O3/c1-20(5-7-21-8-6-20)19(24)22-18(15-11-16(23)12-15)14-2-3-17-13(10-14)4-9-25-17/h2-3,10,15-16,18,21,23H,4-9,11-12H2,1H3,(H,22,24)/t15?,16?,18-/m0/s1. The van der Waals surface area contributed by atoms with E-state index in [9.17, 15) is 9.90 Å². The summed E-state index contributed by atoms with van der Waals surface area (Å²) in [5, 5.41) is 16.4. The number of benzene rings is 1. The lowest BCUT2D eigenvalue weighted by Crippen LogP contribution is -2.49. The molecule has 25 heavy (non-hydrogen) atoms. The van der Waals surface area contributed by atoms with E-state index in [0.717, 1.165) is 63.1 Å². The Balaban J connectivity index is 1.55. The third kappa shape index (κ3) is 3.27. The van der Waals surface area contributed by atoms with Crippen LogP contribution in [0.25, 0.3) is 0 Å². The van der Waals surface area contributed by atoms with Crippen LogP contribution < -0.4 is 15.4 Å².